The molecule has 1 aromatic heterocycles. The Balaban J connectivity index is 1.58. The highest BCUT2D eigenvalue weighted by atomic mass is 16.7. The SMILES string of the molecule is c1ncc(CNCc2ccc3c(c2)OCO3)o1. The Hall–Kier alpha value is -2.01. The van der Waals surface area contributed by atoms with Crippen molar-refractivity contribution >= 4 is 0 Å². The van der Waals surface area contributed by atoms with Crippen LogP contribution in [0.2, 0.25) is 0 Å². The third kappa shape index (κ3) is 2.24. The number of rotatable bonds is 4. The summed E-state index contributed by atoms with van der Waals surface area (Å²) in [4.78, 5) is 3.85. The van der Waals surface area contributed by atoms with Gasteiger partial charge in [0.25, 0.3) is 0 Å². The Morgan fingerprint density at radius 2 is 2.12 bits per heavy atom. The Bertz CT molecular complexity index is 496. The Morgan fingerprint density at radius 3 is 3.00 bits per heavy atom. The lowest BCUT2D eigenvalue weighted by atomic mass is 10.2. The third-order valence-electron chi connectivity index (χ3n) is 2.55. The summed E-state index contributed by atoms with van der Waals surface area (Å²) >= 11 is 0. The van der Waals surface area contributed by atoms with Crippen molar-refractivity contribution in [3.05, 3.63) is 42.1 Å². The first kappa shape index (κ1) is 10.2. The fourth-order valence-electron chi connectivity index (χ4n) is 1.71. The summed E-state index contributed by atoms with van der Waals surface area (Å²) in [6.45, 7) is 1.72. The number of oxazole rings is 1. The van der Waals surface area contributed by atoms with Crippen LogP contribution in [0.3, 0.4) is 0 Å². The molecule has 1 aromatic carbocycles. The van der Waals surface area contributed by atoms with Crippen molar-refractivity contribution in [1.82, 2.24) is 10.3 Å². The molecule has 0 atom stereocenters. The van der Waals surface area contributed by atoms with Gasteiger partial charge in [0.15, 0.2) is 17.9 Å². The summed E-state index contributed by atoms with van der Waals surface area (Å²) in [6.07, 6.45) is 3.13. The van der Waals surface area contributed by atoms with Crippen LogP contribution in [-0.2, 0) is 13.1 Å². The maximum absolute atomic E-state index is 5.31. The molecule has 0 aliphatic carbocycles. The van der Waals surface area contributed by atoms with Gasteiger partial charge in [-0.15, -0.1) is 0 Å². The van der Waals surface area contributed by atoms with E-state index < -0.39 is 0 Å². The van der Waals surface area contributed by atoms with Crippen molar-refractivity contribution in [2.75, 3.05) is 6.79 Å². The zero-order chi connectivity index (χ0) is 11.5. The summed E-state index contributed by atoms with van der Waals surface area (Å²) in [7, 11) is 0. The van der Waals surface area contributed by atoms with Crippen molar-refractivity contribution in [1.29, 1.82) is 0 Å². The van der Waals surface area contributed by atoms with Crippen LogP contribution in [-0.4, -0.2) is 11.8 Å². The van der Waals surface area contributed by atoms with E-state index >= 15 is 0 Å². The molecule has 5 nitrogen and oxygen atoms in total. The van der Waals surface area contributed by atoms with Crippen molar-refractivity contribution in [2.45, 2.75) is 13.1 Å². The fourth-order valence-corrected chi connectivity index (χ4v) is 1.71. The van der Waals surface area contributed by atoms with E-state index in [0.29, 0.717) is 13.3 Å². The standard InChI is InChI=1S/C12H12N2O3/c1-2-11-12(17-8-16-11)3-9(1)4-13-5-10-6-14-7-15-10/h1-3,6-7,13H,4-5,8H2. The zero-order valence-corrected chi connectivity index (χ0v) is 9.18. The van der Waals surface area contributed by atoms with Gasteiger partial charge in [-0.3, -0.25) is 0 Å². The topological polar surface area (TPSA) is 56.5 Å². The molecular formula is C12H12N2O3. The van der Waals surface area contributed by atoms with E-state index in [0.717, 1.165) is 29.4 Å². The van der Waals surface area contributed by atoms with Gasteiger partial charge in [0.1, 0.15) is 5.76 Å². The minimum absolute atomic E-state index is 0.310. The monoisotopic (exact) mass is 232 g/mol. The fraction of sp³-hybridized carbons (Fsp3) is 0.250. The molecule has 1 N–H and O–H groups in total. The molecule has 0 unspecified atom stereocenters. The number of nitrogens with zero attached hydrogens (tertiary/aromatic N) is 1. The molecule has 0 amide bonds. The molecule has 88 valence electrons. The van der Waals surface area contributed by atoms with Crippen molar-refractivity contribution in [2.24, 2.45) is 0 Å². The summed E-state index contributed by atoms with van der Waals surface area (Å²) in [5, 5.41) is 3.27. The van der Waals surface area contributed by atoms with Crippen LogP contribution in [0.25, 0.3) is 0 Å². The number of fused-ring (bicyclic) bond motifs is 1. The molecule has 0 bridgehead atoms. The largest absolute Gasteiger partial charge is 0.454 e. The lowest BCUT2D eigenvalue weighted by Gasteiger charge is -2.04. The van der Waals surface area contributed by atoms with Crippen molar-refractivity contribution < 1.29 is 13.9 Å². The quantitative estimate of drug-likeness (QED) is 0.869. The molecule has 1 aliphatic rings. The van der Waals surface area contributed by atoms with Crippen LogP contribution in [0.15, 0.2) is 35.2 Å². The summed E-state index contributed by atoms with van der Waals surface area (Å²) in [5.41, 5.74) is 1.15. The number of nitrogens with one attached hydrogen (secondary N) is 1. The summed E-state index contributed by atoms with van der Waals surface area (Å²) in [5.74, 6) is 2.44. The normalized spacial score (nSPS) is 12.9. The van der Waals surface area contributed by atoms with Gasteiger partial charge < -0.3 is 19.2 Å². The van der Waals surface area contributed by atoms with Gasteiger partial charge in [-0.05, 0) is 17.7 Å². The number of hydrogen-bond acceptors (Lipinski definition) is 5. The Labute approximate surface area is 98.4 Å². The van der Waals surface area contributed by atoms with Crippen molar-refractivity contribution in [3.63, 3.8) is 0 Å². The van der Waals surface area contributed by atoms with Crippen molar-refractivity contribution in [3.8, 4) is 11.5 Å². The molecule has 2 aromatic rings. The van der Waals surface area contributed by atoms with Gasteiger partial charge in [0.2, 0.25) is 6.79 Å². The van der Waals surface area contributed by atoms with Gasteiger partial charge in [0.05, 0.1) is 12.7 Å². The molecule has 0 saturated carbocycles. The molecule has 1 aliphatic heterocycles. The van der Waals surface area contributed by atoms with E-state index in [1.165, 1.54) is 6.39 Å². The number of aromatic nitrogens is 1. The highest BCUT2D eigenvalue weighted by molar-refractivity contribution is 5.44. The second-order valence-corrected chi connectivity index (χ2v) is 3.76. The van der Waals surface area contributed by atoms with E-state index in [2.05, 4.69) is 10.3 Å². The average Bonchev–Trinajstić information content (AvgIpc) is 2.98. The van der Waals surface area contributed by atoms with Crippen LogP contribution in [0, 0.1) is 0 Å². The van der Waals surface area contributed by atoms with Gasteiger partial charge in [-0.1, -0.05) is 6.07 Å². The second-order valence-electron chi connectivity index (χ2n) is 3.76. The average molecular weight is 232 g/mol. The first-order valence-electron chi connectivity index (χ1n) is 5.38. The van der Waals surface area contributed by atoms with Gasteiger partial charge in [-0.2, -0.15) is 0 Å². The smallest absolute Gasteiger partial charge is 0.231 e. The Morgan fingerprint density at radius 1 is 1.18 bits per heavy atom. The first-order chi connectivity index (χ1) is 8.42. The van der Waals surface area contributed by atoms with Crippen LogP contribution in [0.4, 0.5) is 0 Å². The lowest BCUT2D eigenvalue weighted by molar-refractivity contribution is 0.174. The van der Waals surface area contributed by atoms with E-state index in [1.807, 2.05) is 18.2 Å². The lowest BCUT2D eigenvalue weighted by Crippen LogP contribution is -2.11. The highest BCUT2D eigenvalue weighted by Gasteiger charge is 2.12. The second kappa shape index (κ2) is 4.47. The highest BCUT2D eigenvalue weighted by Crippen LogP contribution is 2.32. The summed E-state index contributed by atoms with van der Waals surface area (Å²) in [6, 6.07) is 5.92. The molecule has 2 heterocycles. The Kier molecular flexibility index (Phi) is 2.67. The molecule has 0 spiro atoms. The van der Waals surface area contributed by atoms with Gasteiger partial charge in [0, 0.05) is 6.54 Å². The van der Waals surface area contributed by atoms with Crippen LogP contribution in [0.1, 0.15) is 11.3 Å². The predicted octanol–water partition coefficient (Wildman–Crippen LogP) is 1.69. The minimum atomic E-state index is 0.310. The number of ether oxygens (including phenoxy) is 2. The van der Waals surface area contributed by atoms with E-state index in [1.54, 1.807) is 6.20 Å². The number of benzene rings is 1. The molecule has 0 saturated heterocycles. The minimum Gasteiger partial charge on any atom is -0.454 e. The van der Waals surface area contributed by atoms with Gasteiger partial charge in [-0.25, -0.2) is 4.98 Å². The molecule has 5 heteroatoms. The molecule has 3 rings (SSSR count). The van der Waals surface area contributed by atoms with Crippen LogP contribution < -0.4 is 14.8 Å². The zero-order valence-electron chi connectivity index (χ0n) is 9.18. The maximum Gasteiger partial charge on any atom is 0.231 e. The molecule has 0 fully saturated rings. The third-order valence-corrected chi connectivity index (χ3v) is 2.55. The van der Waals surface area contributed by atoms with Crippen LogP contribution >= 0.6 is 0 Å². The van der Waals surface area contributed by atoms with E-state index in [9.17, 15) is 0 Å². The van der Waals surface area contributed by atoms with Gasteiger partial charge >= 0.3 is 0 Å². The first-order valence-corrected chi connectivity index (χ1v) is 5.38. The summed E-state index contributed by atoms with van der Waals surface area (Å²) < 4.78 is 15.7. The van der Waals surface area contributed by atoms with E-state index in [4.69, 9.17) is 13.9 Å². The predicted molar refractivity (Wildman–Crippen MR) is 59.6 cm³/mol. The maximum atomic E-state index is 5.31. The molecular weight excluding hydrogens is 220 g/mol. The van der Waals surface area contributed by atoms with Crippen LogP contribution in [0.5, 0.6) is 11.5 Å². The number of hydrogen-bond donors (Lipinski definition) is 1. The molecule has 17 heavy (non-hydrogen) atoms. The van der Waals surface area contributed by atoms with E-state index in [-0.39, 0.29) is 0 Å². The molecule has 0 radical (unpaired) electrons.